The predicted octanol–water partition coefficient (Wildman–Crippen LogP) is 1.58. The molecule has 1 fully saturated rings. The number of hydrogen-bond donors (Lipinski definition) is 1. The highest BCUT2D eigenvalue weighted by molar-refractivity contribution is 7.89. The molecule has 0 saturated carbocycles. The first-order chi connectivity index (χ1) is 9.37. The summed E-state index contributed by atoms with van der Waals surface area (Å²) < 4.78 is 26.8. The van der Waals surface area contributed by atoms with Gasteiger partial charge in [0.1, 0.15) is 4.90 Å². The highest BCUT2D eigenvalue weighted by Gasteiger charge is 2.35. The van der Waals surface area contributed by atoms with Crippen molar-refractivity contribution in [1.29, 1.82) is 5.26 Å². The largest absolute Gasteiger partial charge is 0.311 e. The molecule has 1 aromatic carbocycles. The average molecular weight is 314 g/mol. The van der Waals surface area contributed by atoms with Crippen LogP contribution in [0.1, 0.15) is 19.4 Å². The zero-order chi connectivity index (χ0) is 14.9. The fourth-order valence-electron chi connectivity index (χ4n) is 2.27. The third-order valence-corrected chi connectivity index (χ3v) is 6.09. The fourth-order valence-corrected chi connectivity index (χ4v) is 4.49. The van der Waals surface area contributed by atoms with Gasteiger partial charge in [0, 0.05) is 25.2 Å². The molecule has 1 N–H and O–H groups in total. The van der Waals surface area contributed by atoms with E-state index in [9.17, 15) is 8.42 Å². The van der Waals surface area contributed by atoms with Crippen LogP contribution < -0.4 is 5.32 Å². The van der Waals surface area contributed by atoms with Crippen LogP contribution in [0.3, 0.4) is 0 Å². The minimum Gasteiger partial charge on any atom is -0.311 e. The van der Waals surface area contributed by atoms with Crippen molar-refractivity contribution in [1.82, 2.24) is 9.62 Å². The first-order valence-electron chi connectivity index (χ1n) is 6.33. The average Bonchev–Trinajstić information content (AvgIpc) is 2.41. The molecule has 1 aromatic rings. The van der Waals surface area contributed by atoms with E-state index in [0.29, 0.717) is 18.7 Å². The minimum absolute atomic E-state index is 0.0547. The van der Waals surface area contributed by atoms with E-state index in [1.54, 1.807) is 0 Å². The zero-order valence-electron chi connectivity index (χ0n) is 11.3. The molecule has 5 nitrogen and oxygen atoms in total. The number of hydrogen-bond acceptors (Lipinski definition) is 4. The van der Waals surface area contributed by atoms with Crippen LogP contribution in [-0.4, -0.2) is 37.9 Å². The Bertz CT molecular complexity index is 654. The lowest BCUT2D eigenvalue weighted by atomic mass is 10.1. The molecule has 0 spiro atoms. The third-order valence-electron chi connectivity index (χ3n) is 3.62. The summed E-state index contributed by atoms with van der Waals surface area (Å²) in [6, 6.07) is 6.11. The molecule has 1 saturated heterocycles. The first kappa shape index (κ1) is 15.3. The Morgan fingerprint density at radius 3 is 2.75 bits per heavy atom. The summed E-state index contributed by atoms with van der Waals surface area (Å²) >= 11 is 6.02. The number of rotatable bonds is 2. The van der Waals surface area contributed by atoms with Gasteiger partial charge in [-0.25, -0.2) is 8.42 Å². The topological polar surface area (TPSA) is 73.2 Å². The molecule has 1 heterocycles. The van der Waals surface area contributed by atoms with Crippen LogP contribution in [-0.2, 0) is 10.0 Å². The number of sulfonamides is 1. The molecular formula is C13H16ClN3O2S. The number of nitrogens with zero attached hydrogens (tertiary/aromatic N) is 2. The molecule has 0 aliphatic carbocycles. The van der Waals surface area contributed by atoms with Gasteiger partial charge in [0.05, 0.1) is 16.7 Å². The number of nitrogens with one attached hydrogen (secondary N) is 1. The van der Waals surface area contributed by atoms with E-state index in [-0.39, 0.29) is 22.0 Å². The Balaban J connectivity index is 2.43. The van der Waals surface area contributed by atoms with Gasteiger partial charge < -0.3 is 5.32 Å². The van der Waals surface area contributed by atoms with Gasteiger partial charge in [-0.3, -0.25) is 0 Å². The van der Waals surface area contributed by atoms with Crippen molar-refractivity contribution in [3.05, 3.63) is 28.8 Å². The Morgan fingerprint density at radius 1 is 1.45 bits per heavy atom. The number of halogens is 1. The van der Waals surface area contributed by atoms with Gasteiger partial charge in [-0.2, -0.15) is 9.57 Å². The van der Waals surface area contributed by atoms with E-state index in [1.807, 2.05) is 19.9 Å². The Morgan fingerprint density at radius 2 is 2.15 bits per heavy atom. The first-order valence-corrected chi connectivity index (χ1v) is 8.14. The molecule has 0 bridgehead atoms. The number of nitriles is 1. The van der Waals surface area contributed by atoms with Gasteiger partial charge in [0.2, 0.25) is 10.0 Å². The lowest BCUT2D eigenvalue weighted by Crippen LogP contribution is -2.57. The highest BCUT2D eigenvalue weighted by atomic mass is 35.5. The zero-order valence-corrected chi connectivity index (χ0v) is 12.9. The van der Waals surface area contributed by atoms with E-state index >= 15 is 0 Å². The van der Waals surface area contributed by atoms with Crippen molar-refractivity contribution in [2.24, 2.45) is 0 Å². The Kier molecular flexibility index (Phi) is 4.35. The van der Waals surface area contributed by atoms with Gasteiger partial charge in [-0.15, -0.1) is 0 Å². The second-order valence-corrected chi connectivity index (χ2v) is 7.12. The summed E-state index contributed by atoms with van der Waals surface area (Å²) in [5, 5.41) is 12.1. The van der Waals surface area contributed by atoms with E-state index in [2.05, 4.69) is 5.32 Å². The third kappa shape index (κ3) is 2.67. The lowest BCUT2D eigenvalue weighted by molar-refractivity contribution is 0.233. The van der Waals surface area contributed by atoms with Crippen LogP contribution in [0.15, 0.2) is 23.1 Å². The number of benzene rings is 1. The van der Waals surface area contributed by atoms with E-state index < -0.39 is 10.0 Å². The summed E-state index contributed by atoms with van der Waals surface area (Å²) in [6.07, 6.45) is 0. The summed E-state index contributed by atoms with van der Waals surface area (Å²) in [7, 11) is -3.65. The summed E-state index contributed by atoms with van der Waals surface area (Å²) in [5.41, 5.74) is 0.343. The van der Waals surface area contributed by atoms with Crippen molar-refractivity contribution >= 4 is 21.6 Å². The summed E-state index contributed by atoms with van der Waals surface area (Å²) in [5.74, 6) is 0. The maximum atomic E-state index is 12.7. The molecule has 0 aromatic heterocycles. The second kappa shape index (κ2) is 5.70. The number of piperazine rings is 1. The molecule has 2 unspecified atom stereocenters. The van der Waals surface area contributed by atoms with Crippen molar-refractivity contribution in [2.75, 3.05) is 13.1 Å². The maximum absolute atomic E-state index is 12.7. The molecule has 0 radical (unpaired) electrons. The van der Waals surface area contributed by atoms with Crippen LogP contribution in [0.4, 0.5) is 0 Å². The molecular weight excluding hydrogens is 298 g/mol. The Labute approximate surface area is 124 Å². The van der Waals surface area contributed by atoms with Crippen LogP contribution in [0, 0.1) is 11.3 Å². The van der Waals surface area contributed by atoms with Crippen molar-refractivity contribution in [3.63, 3.8) is 0 Å². The molecule has 0 amide bonds. The van der Waals surface area contributed by atoms with Crippen LogP contribution >= 0.6 is 11.6 Å². The van der Waals surface area contributed by atoms with Gasteiger partial charge in [0.25, 0.3) is 0 Å². The molecule has 2 atom stereocenters. The van der Waals surface area contributed by atoms with E-state index in [1.165, 1.54) is 22.5 Å². The maximum Gasteiger partial charge on any atom is 0.244 e. The van der Waals surface area contributed by atoms with E-state index in [4.69, 9.17) is 16.9 Å². The Hall–Kier alpha value is -1.13. The quantitative estimate of drug-likeness (QED) is 0.899. The van der Waals surface area contributed by atoms with Gasteiger partial charge >= 0.3 is 0 Å². The van der Waals surface area contributed by atoms with Crippen molar-refractivity contribution < 1.29 is 8.42 Å². The van der Waals surface area contributed by atoms with Gasteiger partial charge in [-0.05, 0) is 32.0 Å². The molecule has 1 aliphatic rings. The smallest absolute Gasteiger partial charge is 0.244 e. The predicted molar refractivity (Wildman–Crippen MR) is 77.0 cm³/mol. The summed E-state index contributed by atoms with van der Waals surface area (Å²) in [4.78, 5) is 0.0547. The van der Waals surface area contributed by atoms with Gasteiger partial charge in [0.15, 0.2) is 0 Å². The molecule has 20 heavy (non-hydrogen) atoms. The fraction of sp³-hybridized carbons (Fsp3) is 0.462. The summed E-state index contributed by atoms with van der Waals surface area (Å²) in [6.45, 7) is 4.83. The minimum atomic E-state index is -3.65. The second-order valence-electron chi connectivity index (χ2n) is 4.86. The molecule has 1 aliphatic heterocycles. The van der Waals surface area contributed by atoms with E-state index in [0.717, 1.165) is 0 Å². The molecule has 7 heteroatoms. The van der Waals surface area contributed by atoms with Crippen LogP contribution in [0.5, 0.6) is 0 Å². The normalized spacial score (nSPS) is 24.3. The lowest BCUT2D eigenvalue weighted by Gasteiger charge is -2.37. The van der Waals surface area contributed by atoms with Crippen molar-refractivity contribution in [2.45, 2.75) is 30.8 Å². The molecule has 2 rings (SSSR count). The molecule has 108 valence electrons. The standard InChI is InChI=1S/C13H16ClN3O2S/c1-9-10(2)17(6-5-16-9)20(18,19)13-4-3-11(8-15)7-12(13)14/h3-4,7,9-10,16H,5-6H2,1-2H3. The monoisotopic (exact) mass is 313 g/mol. The highest BCUT2D eigenvalue weighted by Crippen LogP contribution is 2.28. The van der Waals surface area contributed by atoms with Gasteiger partial charge in [-0.1, -0.05) is 11.6 Å². The SMILES string of the molecule is CC1NCCN(S(=O)(=O)c2ccc(C#N)cc2Cl)C1C. The van der Waals surface area contributed by atoms with Crippen LogP contribution in [0.25, 0.3) is 0 Å². The van der Waals surface area contributed by atoms with Crippen molar-refractivity contribution in [3.8, 4) is 6.07 Å². The van der Waals surface area contributed by atoms with Crippen LogP contribution in [0.2, 0.25) is 5.02 Å².